The number of aromatic nitrogens is 1. The molecule has 2 heterocycles. The average Bonchev–Trinajstić information content (AvgIpc) is 2.91. The van der Waals surface area contributed by atoms with Crippen molar-refractivity contribution < 1.29 is 4.79 Å². The Morgan fingerprint density at radius 2 is 1.92 bits per heavy atom. The molecular formula is C21H29N2O. The number of rotatable bonds is 7. The molecule has 1 saturated heterocycles. The standard InChI is InChI=1S/C21H29N2O/c1-17-10-11-20-18(15-17)19(16-22(20)2)21(24)9-5-3-6-12-23-13-7-4-8-14-23/h4,10-11,15-16H,3,5-9,12-14H2,1-2H3. The van der Waals surface area contributed by atoms with Gasteiger partial charge in [0.2, 0.25) is 0 Å². The van der Waals surface area contributed by atoms with Crippen molar-refractivity contribution in [3.8, 4) is 0 Å². The molecule has 2 aromatic rings. The molecular weight excluding hydrogens is 296 g/mol. The molecule has 0 saturated carbocycles. The van der Waals surface area contributed by atoms with Crippen LogP contribution in [0.1, 0.15) is 54.4 Å². The van der Waals surface area contributed by atoms with Gasteiger partial charge in [-0.25, -0.2) is 0 Å². The summed E-state index contributed by atoms with van der Waals surface area (Å²) >= 11 is 0. The molecule has 0 aliphatic carbocycles. The Labute approximate surface area is 145 Å². The second-order valence-corrected chi connectivity index (χ2v) is 7.12. The van der Waals surface area contributed by atoms with Gasteiger partial charge in [-0.05, 0) is 70.8 Å². The second kappa shape index (κ2) is 7.98. The van der Waals surface area contributed by atoms with E-state index in [-0.39, 0.29) is 0 Å². The summed E-state index contributed by atoms with van der Waals surface area (Å²) in [5, 5.41) is 1.10. The van der Waals surface area contributed by atoms with E-state index in [4.69, 9.17) is 0 Å². The van der Waals surface area contributed by atoms with Crippen LogP contribution in [0.3, 0.4) is 0 Å². The predicted molar refractivity (Wildman–Crippen MR) is 100 cm³/mol. The monoisotopic (exact) mass is 325 g/mol. The smallest absolute Gasteiger partial charge is 0.165 e. The fourth-order valence-electron chi connectivity index (χ4n) is 3.69. The molecule has 0 atom stereocenters. The zero-order valence-electron chi connectivity index (χ0n) is 15.1. The van der Waals surface area contributed by atoms with Crippen LogP contribution >= 0.6 is 0 Å². The Hall–Kier alpha value is -1.61. The number of likely N-dealkylation sites (tertiary alicyclic amines) is 1. The molecule has 0 N–H and O–H groups in total. The Bertz CT molecular complexity index is 695. The Balaban J connectivity index is 1.49. The Morgan fingerprint density at radius 3 is 2.71 bits per heavy atom. The van der Waals surface area contributed by atoms with Gasteiger partial charge in [0.1, 0.15) is 0 Å². The lowest BCUT2D eigenvalue weighted by Crippen LogP contribution is -2.30. The quantitative estimate of drug-likeness (QED) is 0.552. The van der Waals surface area contributed by atoms with E-state index < -0.39 is 0 Å². The lowest BCUT2D eigenvalue weighted by atomic mass is 10.0. The largest absolute Gasteiger partial charge is 0.350 e. The lowest BCUT2D eigenvalue weighted by Gasteiger charge is -2.26. The van der Waals surface area contributed by atoms with E-state index in [9.17, 15) is 4.79 Å². The van der Waals surface area contributed by atoms with Crippen molar-refractivity contribution in [3.63, 3.8) is 0 Å². The zero-order valence-corrected chi connectivity index (χ0v) is 15.1. The molecule has 1 aromatic carbocycles. The Morgan fingerprint density at radius 1 is 1.12 bits per heavy atom. The van der Waals surface area contributed by atoms with Gasteiger partial charge in [0, 0.05) is 36.1 Å². The number of carbonyl (C=O) groups excluding carboxylic acids is 1. The molecule has 129 valence electrons. The van der Waals surface area contributed by atoms with Crippen LogP contribution in [-0.2, 0) is 7.05 Å². The number of Topliss-reactive ketones (excluding diaryl/α,β-unsaturated/α-hetero) is 1. The number of nitrogens with zero attached hydrogens (tertiary/aromatic N) is 2. The molecule has 1 aliphatic rings. The first-order valence-corrected chi connectivity index (χ1v) is 9.28. The third-order valence-corrected chi connectivity index (χ3v) is 5.12. The summed E-state index contributed by atoms with van der Waals surface area (Å²) in [6.45, 7) is 5.71. The molecule has 3 rings (SSSR count). The minimum atomic E-state index is 0.291. The highest BCUT2D eigenvalue weighted by Gasteiger charge is 2.14. The summed E-state index contributed by atoms with van der Waals surface area (Å²) in [5.74, 6) is 0.291. The summed E-state index contributed by atoms with van der Waals surface area (Å²) in [5.41, 5.74) is 3.25. The number of carbonyl (C=O) groups is 1. The topological polar surface area (TPSA) is 25.2 Å². The maximum absolute atomic E-state index is 12.6. The summed E-state index contributed by atoms with van der Waals surface area (Å²) in [6, 6.07) is 6.35. The summed E-state index contributed by atoms with van der Waals surface area (Å²) in [4.78, 5) is 15.2. The fraction of sp³-hybridized carbons (Fsp3) is 0.524. The second-order valence-electron chi connectivity index (χ2n) is 7.12. The van der Waals surface area contributed by atoms with E-state index in [1.807, 2.05) is 13.2 Å². The van der Waals surface area contributed by atoms with Gasteiger partial charge in [-0.15, -0.1) is 0 Å². The van der Waals surface area contributed by atoms with Crippen molar-refractivity contribution in [2.24, 2.45) is 7.05 Å². The van der Waals surface area contributed by atoms with E-state index in [1.165, 1.54) is 44.5 Å². The third kappa shape index (κ3) is 4.07. The highest BCUT2D eigenvalue weighted by atomic mass is 16.1. The van der Waals surface area contributed by atoms with Gasteiger partial charge in [0.25, 0.3) is 0 Å². The fourth-order valence-corrected chi connectivity index (χ4v) is 3.69. The highest BCUT2D eigenvalue weighted by molar-refractivity contribution is 6.08. The molecule has 0 spiro atoms. The maximum atomic E-state index is 12.6. The van der Waals surface area contributed by atoms with Crippen molar-refractivity contribution in [2.45, 2.75) is 45.4 Å². The minimum absolute atomic E-state index is 0.291. The molecule has 0 amide bonds. The number of ketones is 1. The number of fused-ring (bicyclic) bond motifs is 1. The molecule has 1 aliphatic heterocycles. The van der Waals surface area contributed by atoms with Gasteiger partial charge in [0.15, 0.2) is 5.78 Å². The van der Waals surface area contributed by atoms with Gasteiger partial charge in [-0.1, -0.05) is 18.1 Å². The van der Waals surface area contributed by atoms with Gasteiger partial charge in [-0.3, -0.25) is 4.79 Å². The van der Waals surface area contributed by atoms with Crippen molar-refractivity contribution in [1.82, 2.24) is 9.47 Å². The van der Waals surface area contributed by atoms with Crippen LogP contribution in [0.15, 0.2) is 24.4 Å². The Kier molecular flexibility index (Phi) is 5.72. The minimum Gasteiger partial charge on any atom is -0.350 e. The van der Waals surface area contributed by atoms with Crippen LogP contribution < -0.4 is 0 Å². The molecule has 3 nitrogen and oxygen atoms in total. The number of benzene rings is 1. The van der Waals surface area contributed by atoms with E-state index in [1.54, 1.807) is 0 Å². The van der Waals surface area contributed by atoms with E-state index >= 15 is 0 Å². The third-order valence-electron chi connectivity index (χ3n) is 5.12. The number of unbranched alkanes of at least 4 members (excludes halogenated alkanes) is 2. The molecule has 3 heteroatoms. The van der Waals surface area contributed by atoms with Crippen LogP contribution in [0.4, 0.5) is 0 Å². The maximum Gasteiger partial charge on any atom is 0.165 e. The normalized spacial score (nSPS) is 15.9. The van der Waals surface area contributed by atoms with Gasteiger partial charge >= 0.3 is 0 Å². The molecule has 1 fully saturated rings. The van der Waals surface area contributed by atoms with Crippen molar-refractivity contribution in [1.29, 1.82) is 0 Å². The molecule has 1 aromatic heterocycles. The first-order valence-electron chi connectivity index (χ1n) is 9.28. The number of hydrogen-bond acceptors (Lipinski definition) is 2. The molecule has 0 unspecified atom stereocenters. The van der Waals surface area contributed by atoms with Gasteiger partial charge < -0.3 is 9.47 Å². The highest BCUT2D eigenvalue weighted by Crippen LogP contribution is 2.24. The molecule has 0 bridgehead atoms. The van der Waals surface area contributed by atoms with Crippen LogP contribution in [0.2, 0.25) is 0 Å². The lowest BCUT2D eigenvalue weighted by molar-refractivity contribution is 0.0980. The average molecular weight is 325 g/mol. The van der Waals surface area contributed by atoms with Crippen LogP contribution in [-0.4, -0.2) is 34.9 Å². The van der Waals surface area contributed by atoms with E-state index in [0.29, 0.717) is 12.2 Å². The SMILES string of the molecule is Cc1ccc2c(c1)c(C(=O)CCCCCN1CC[CH]CC1)cn2C. The number of aryl methyl sites for hydroxylation is 2. The molecule has 1 radical (unpaired) electrons. The summed E-state index contributed by atoms with van der Waals surface area (Å²) in [6.07, 6.45) is 10.9. The van der Waals surface area contributed by atoms with Crippen molar-refractivity contribution in [2.75, 3.05) is 19.6 Å². The van der Waals surface area contributed by atoms with Crippen molar-refractivity contribution >= 4 is 16.7 Å². The van der Waals surface area contributed by atoms with Gasteiger partial charge in [-0.2, -0.15) is 0 Å². The van der Waals surface area contributed by atoms with Crippen LogP contribution in [0.5, 0.6) is 0 Å². The number of piperidine rings is 1. The van der Waals surface area contributed by atoms with E-state index in [0.717, 1.165) is 29.3 Å². The van der Waals surface area contributed by atoms with Gasteiger partial charge in [0.05, 0.1) is 0 Å². The first-order chi connectivity index (χ1) is 11.6. The number of hydrogen-bond donors (Lipinski definition) is 0. The van der Waals surface area contributed by atoms with Crippen LogP contribution in [0.25, 0.3) is 10.9 Å². The first kappa shape index (κ1) is 17.2. The summed E-state index contributed by atoms with van der Waals surface area (Å²) in [7, 11) is 2.02. The zero-order chi connectivity index (χ0) is 16.9. The molecule has 24 heavy (non-hydrogen) atoms. The summed E-state index contributed by atoms with van der Waals surface area (Å²) < 4.78 is 2.06. The van der Waals surface area contributed by atoms with E-state index in [2.05, 4.69) is 41.0 Å². The van der Waals surface area contributed by atoms with Crippen LogP contribution in [0, 0.1) is 13.3 Å². The predicted octanol–water partition coefficient (Wildman–Crippen LogP) is 4.53. The van der Waals surface area contributed by atoms with Crippen molar-refractivity contribution in [3.05, 3.63) is 41.9 Å².